The van der Waals surface area contributed by atoms with Crippen LogP contribution in [0.1, 0.15) is 5.56 Å². The lowest BCUT2D eigenvalue weighted by molar-refractivity contribution is -0.144. The Kier molecular flexibility index (Phi) is 5.68. The molecule has 0 aromatic heterocycles. The standard InChI is InChI=1S/C13H16N2O3/c1-15-12(13(16)18-8-7-14)9-10-3-5-11(17-2)6-4-10/h3-6,12,15H,8-9H2,1-2H3/t12-/m0/s1. The number of likely N-dealkylation sites (N-methyl/N-ethyl adjacent to an activating group) is 1. The van der Waals surface area contributed by atoms with Gasteiger partial charge in [-0.2, -0.15) is 5.26 Å². The molecule has 1 atom stereocenters. The van der Waals surface area contributed by atoms with Crippen LogP contribution in [0.15, 0.2) is 24.3 Å². The molecule has 0 radical (unpaired) electrons. The Balaban J connectivity index is 2.61. The molecule has 0 amide bonds. The summed E-state index contributed by atoms with van der Waals surface area (Å²) in [4.78, 5) is 11.6. The van der Waals surface area contributed by atoms with Crippen LogP contribution in [0.25, 0.3) is 0 Å². The van der Waals surface area contributed by atoms with E-state index in [1.165, 1.54) is 0 Å². The molecule has 0 aliphatic rings. The summed E-state index contributed by atoms with van der Waals surface area (Å²) in [5, 5.41) is 11.2. The number of hydrogen-bond donors (Lipinski definition) is 1. The molecule has 1 aromatic carbocycles. The van der Waals surface area contributed by atoms with Crippen molar-refractivity contribution in [2.75, 3.05) is 20.8 Å². The largest absolute Gasteiger partial charge is 0.497 e. The minimum Gasteiger partial charge on any atom is -0.497 e. The highest BCUT2D eigenvalue weighted by Gasteiger charge is 2.18. The number of carbonyl (C=O) groups excluding carboxylic acids is 1. The third-order valence-corrected chi connectivity index (χ3v) is 2.51. The molecule has 96 valence electrons. The summed E-state index contributed by atoms with van der Waals surface area (Å²) in [6, 6.07) is 8.77. The normalized spacial score (nSPS) is 11.4. The van der Waals surface area contributed by atoms with E-state index in [0.29, 0.717) is 6.42 Å². The highest BCUT2D eigenvalue weighted by Crippen LogP contribution is 2.13. The number of esters is 1. The Morgan fingerprint density at radius 3 is 2.61 bits per heavy atom. The number of carbonyl (C=O) groups is 1. The molecule has 0 saturated heterocycles. The fraction of sp³-hybridized carbons (Fsp3) is 0.385. The Labute approximate surface area is 106 Å². The summed E-state index contributed by atoms with van der Waals surface area (Å²) in [6.45, 7) is -0.223. The van der Waals surface area contributed by atoms with Gasteiger partial charge < -0.3 is 14.8 Å². The van der Waals surface area contributed by atoms with E-state index in [1.807, 2.05) is 24.3 Å². The van der Waals surface area contributed by atoms with E-state index in [4.69, 9.17) is 14.7 Å². The minimum absolute atomic E-state index is 0.223. The molecule has 5 heteroatoms. The van der Waals surface area contributed by atoms with Crippen molar-refractivity contribution in [1.82, 2.24) is 5.32 Å². The molecule has 18 heavy (non-hydrogen) atoms. The maximum absolute atomic E-state index is 11.6. The first-order chi connectivity index (χ1) is 8.71. The molecule has 1 N–H and O–H groups in total. The molecule has 0 aliphatic heterocycles. The van der Waals surface area contributed by atoms with Crippen molar-refractivity contribution in [3.63, 3.8) is 0 Å². The smallest absolute Gasteiger partial charge is 0.324 e. The zero-order valence-corrected chi connectivity index (χ0v) is 10.5. The van der Waals surface area contributed by atoms with Crippen LogP contribution in [0.5, 0.6) is 5.75 Å². The highest BCUT2D eigenvalue weighted by molar-refractivity contribution is 5.76. The van der Waals surface area contributed by atoms with Crippen molar-refractivity contribution in [2.45, 2.75) is 12.5 Å². The van der Waals surface area contributed by atoms with Crippen LogP contribution in [0.2, 0.25) is 0 Å². The Hall–Kier alpha value is -2.06. The van der Waals surface area contributed by atoms with Crippen LogP contribution < -0.4 is 10.1 Å². The van der Waals surface area contributed by atoms with E-state index >= 15 is 0 Å². The average Bonchev–Trinajstić information content (AvgIpc) is 2.42. The molecule has 0 bridgehead atoms. The monoisotopic (exact) mass is 248 g/mol. The SMILES string of the molecule is CN[C@@H](Cc1ccc(OC)cc1)C(=O)OCC#N. The van der Waals surface area contributed by atoms with Gasteiger partial charge in [0.15, 0.2) is 6.61 Å². The lowest BCUT2D eigenvalue weighted by Gasteiger charge is -2.14. The number of methoxy groups -OCH3 is 1. The second-order valence-corrected chi connectivity index (χ2v) is 3.66. The van der Waals surface area contributed by atoms with Crippen molar-refractivity contribution in [1.29, 1.82) is 5.26 Å². The van der Waals surface area contributed by atoms with Crippen LogP contribution in [-0.4, -0.2) is 32.8 Å². The van der Waals surface area contributed by atoms with Gasteiger partial charge in [-0.05, 0) is 31.2 Å². The van der Waals surface area contributed by atoms with E-state index in [2.05, 4.69) is 5.32 Å². The Morgan fingerprint density at radius 2 is 2.11 bits per heavy atom. The van der Waals surface area contributed by atoms with Gasteiger partial charge in [0.2, 0.25) is 0 Å². The zero-order chi connectivity index (χ0) is 13.4. The van der Waals surface area contributed by atoms with Gasteiger partial charge in [0.05, 0.1) is 7.11 Å². The molecule has 0 saturated carbocycles. The quantitative estimate of drug-likeness (QED) is 0.757. The van der Waals surface area contributed by atoms with Crippen LogP contribution in [0.3, 0.4) is 0 Å². The predicted octanol–water partition coefficient (Wildman–Crippen LogP) is 0.892. The summed E-state index contributed by atoms with van der Waals surface area (Å²) >= 11 is 0. The number of benzene rings is 1. The topological polar surface area (TPSA) is 71.3 Å². The number of nitrogens with zero attached hydrogens (tertiary/aromatic N) is 1. The van der Waals surface area contributed by atoms with Crippen molar-refractivity contribution in [2.24, 2.45) is 0 Å². The maximum Gasteiger partial charge on any atom is 0.324 e. The summed E-state index contributed by atoms with van der Waals surface area (Å²) in [7, 11) is 3.28. The van der Waals surface area contributed by atoms with E-state index in [0.717, 1.165) is 11.3 Å². The second kappa shape index (κ2) is 7.30. The summed E-state index contributed by atoms with van der Waals surface area (Å²) in [5.41, 5.74) is 0.990. The van der Waals surface area contributed by atoms with E-state index < -0.39 is 12.0 Å². The van der Waals surface area contributed by atoms with E-state index in [9.17, 15) is 4.79 Å². The van der Waals surface area contributed by atoms with Crippen molar-refractivity contribution < 1.29 is 14.3 Å². The highest BCUT2D eigenvalue weighted by atomic mass is 16.5. The van der Waals surface area contributed by atoms with Crippen LogP contribution in [0, 0.1) is 11.3 Å². The fourth-order valence-electron chi connectivity index (χ4n) is 1.50. The number of hydrogen-bond acceptors (Lipinski definition) is 5. The van der Waals surface area contributed by atoms with Crippen molar-refractivity contribution in [3.8, 4) is 11.8 Å². The van der Waals surface area contributed by atoms with Gasteiger partial charge >= 0.3 is 5.97 Å². The maximum atomic E-state index is 11.6. The van der Waals surface area contributed by atoms with Crippen molar-refractivity contribution in [3.05, 3.63) is 29.8 Å². The van der Waals surface area contributed by atoms with Crippen LogP contribution >= 0.6 is 0 Å². The van der Waals surface area contributed by atoms with Crippen LogP contribution in [-0.2, 0) is 16.0 Å². The van der Waals surface area contributed by atoms with Crippen LogP contribution in [0.4, 0.5) is 0 Å². The van der Waals surface area contributed by atoms with Gasteiger partial charge in [-0.3, -0.25) is 4.79 Å². The van der Waals surface area contributed by atoms with Gasteiger partial charge in [-0.15, -0.1) is 0 Å². The second-order valence-electron chi connectivity index (χ2n) is 3.66. The lowest BCUT2D eigenvalue weighted by atomic mass is 10.1. The first-order valence-corrected chi connectivity index (χ1v) is 5.55. The van der Waals surface area contributed by atoms with Gasteiger partial charge in [0.25, 0.3) is 0 Å². The Morgan fingerprint density at radius 1 is 1.44 bits per heavy atom. The number of nitrogens with one attached hydrogen (secondary N) is 1. The molecule has 0 spiro atoms. The molecular weight excluding hydrogens is 232 g/mol. The number of nitriles is 1. The van der Waals surface area contributed by atoms with Gasteiger partial charge in [-0.1, -0.05) is 12.1 Å². The molecular formula is C13H16N2O3. The fourth-order valence-corrected chi connectivity index (χ4v) is 1.50. The van der Waals surface area contributed by atoms with Gasteiger partial charge in [0.1, 0.15) is 17.9 Å². The predicted molar refractivity (Wildman–Crippen MR) is 66.1 cm³/mol. The third kappa shape index (κ3) is 4.07. The molecule has 1 aromatic rings. The van der Waals surface area contributed by atoms with Gasteiger partial charge in [-0.25, -0.2) is 0 Å². The summed E-state index contributed by atoms with van der Waals surface area (Å²) in [6.07, 6.45) is 0.505. The average molecular weight is 248 g/mol. The van der Waals surface area contributed by atoms with E-state index in [1.54, 1.807) is 20.2 Å². The number of ether oxygens (including phenoxy) is 2. The summed E-state index contributed by atoms with van der Waals surface area (Å²) < 4.78 is 9.83. The van der Waals surface area contributed by atoms with E-state index in [-0.39, 0.29) is 6.61 Å². The minimum atomic E-state index is -0.452. The first-order valence-electron chi connectivity index (χ1n) is 5.55. The van der Waals surface area contributed by atoms with Crippen molar-refractivity contribution >= 4 is 5.97 Å². The third-order valence-electron chi connectivity index (χ3n) is 2.51. The summed E-state index contributed by atoms with van der Waals surface area (Å²) in [5.74, 6) is 0.349. The lowest BCUT2D eigenvalue weighted by Crippen LogP contribution is -2.37. The Bertz CT molecular complexity index is 423. The molecule has 0 aliphatic carbocycles. The number of rotatable bonds is 6. The molecule has 0 fully saturated rings. The molecule has 0 unspecified atom stereocenters. The molecule has 0 heterocycles. The molecule has 1 rings (SSSR count). The first kappa shape index (κ1) is 14.0. The zero-order valence-electron chi connectivity index (χ0n) is 10.5. The van der Waals surface area contributed by atoms with Gasteiger partial charge in [0, 0.05) is 0 Å². The molecule has 5 nitrogen and oxygen atoms in total.